The summed E-state index contributed by atoms with van der Waals surface area (Å²) in [6, 6.07) is 0.407. The van der Waals surface area contributed by atoms with Gasteiger partial charge in [0, 0.05) is 18.6 Å². The van der Waals surface area contributed by atoms with E-state index >= 15 is 0 Å². The lowest BCUT2D eigenvalue weighted by Crippen LogP contribution is -2.50. The van der Waals surface area contributed by atoms with Crippen LogP contribution < -0.4 is 16.2 Å². The fourth-order valence-corrected chi connectivity index (χ4v) is 3.32. The molecule has 2 heterocycles. The van der Waals surface area contributed by atoms with E-state index in [2.05, 4.69) is 25.9 Å². The number of nitrogens with two attached hydrogens (primary N) is 1. The number of nitrogens with zero attached hydrogens (tertiary/aromatic N) is 3. The zero-order valence-electron chi connectivity index (χ0n) is 12.3. The normalized spacial score (nSPS) is 21.3. The van der Waals surface area contributed by atoms with E-state index in [4.69, 9.17) is 5.73 Å². The molecule has 0 bridgehead atoms. The Hall–Kier alpha value is -0.880. The van der Waals surface area contributed by atoms with Crippen molar-refractivity contribution in [3.05, 3.63) is 21.0 Å². The Morgan fingerprint density at radius 3 is 2.70 bits per heavy atom. The molecule has 1 aromatic rings. The van der Waals surface area contributed by atoms with Crippen LogP contribution in [0.3, 0.4) is 0 Å². The van der Waals surface area contributed by atoms with Gasteiger partial charge in [0.2, 0.25) is 0 Å². The van der Waals surface area contributed by atoms with Gasteiger partial charge in [0.05, 0.1) is 17.9 Å². The maximum Gasteiger partial charge on any atom is 0.283 e. The molecule has 1 aliphatic heterocycles. The zero-order chi connectivity index (χ0) is 14.9. The Kier molecular flexibility index (Phi) is 4.86. The second-order valence-electron chi connectivity index (χ2n) is 5.80. The van der Waals surface area contributed by atoms with E-state index in [1.165, 1.54) is 11.1 Å². The third-order valence-electron chi connectivity index (χ3n) is 3.88. The molecule has 1 aromatic heterocycles. The van der Waals surface area contributed by atoms with Crippen molar-refractivity contribution in [1.82, 2.24) is 9.78 Å². The molecule has 0 spiro atoms. The topological polar surface area (TPSA) is 64.2 Å². The summed E-state index contributed by atoms with van der Waals surface area (Å²) < 4.78 is 2.09. The highest BCUT2D eigenvalue weighted by Crippen LogP contribution is 2.29. The van der Waals surface area contributed by atoms with E-state index in [0.717, 1.165) is 25.1 Å². The maximum absolute atomic E-state index is 12.3. The van der Waals surface area contributed by atoms with Gasteiger partial charge >= 0.3 is 0 Å². The summed E-state index contributed by atoms with van der Waals surface area (Å²) in [5, 5.41) is 4.30. The first-order valence-corrected chi connectivity index (χ1v) is 8.02. The van der Waals surface area contributed by atoms with Gasteiger partial charge in [-0.25, -0.2) is 4.68 Å². The van der Waals surface area contributed by atoms with Crippen molar-refractivity contribution < 1.29 is 0 Å². The van der Waals surface area contributed by atoms with Crippen molar-refractivity contribution in [2.45, 2.75) is 58.2 Å². The largest absolute Gasteiger partial charge is 0.365 e. The fourth-order valence-electron chi connectivity index (χ4n) is 2.81. The predicted octanol–water partition coefficient (Wildman–Crippen LogP) is 2.29. The number of aromatic nitrogens is 2. The quantitative estimate of drug-likeness (QED) is 0.915. The first-order chi connectivity index (χ1) is 9.43. The number of piperidine rings is 1. The minimum atomic E-state index is -0.0773. The molecule has 2 unspecified atom stereocenters. The van der Waals surface area contributed by atoms with Gasteiger partial charge in [0.25, 0.3) is 5.56 Å². The van der Waals surface area contributed by atoms with Crippen LogP contribution in [0.1, 0.15) is 46.1 Å². The van der Waals surface area contributed by atoms with E-state index in [1.54, 1.807) is 6.20 Å². The molecule has 0 saturated carbocycles. The average Bonchev–Trinajstić information content (AvgIpc) is 2.41. The Balaban J connectivity index is 2.41. The highest BCUT2D eigenvalue weighted by molar-refractivity contribution is 9.10. The van der Waals surface area contributed by atoms with Gasteiger partial charge in [-0.15, -0.1) is 0 Å². The van der Waals surface area contributed by atoms with Crippen LogP contribution in [0.25, 0.3) is 0 Å². The molecule has 112 valence electrons. The maximum atomic E-state index is 12.3. The lowest BCUT2D eigenvalue weighted by Gasteiger charge is -2.40. The van der Waals surface area contributed by atoms with Gasteiger partial charge in [-0.3, -0.25) is 4.79 Å². The van der Waals surface area contributed by atoms with Crippen LogP contribution in [-0.4, -0.2) is 28.4 Å². The van der Waals surface area contributed by atoms with Gasteiger partial charge in [-0.05, 0) is 56.0 Å². The summed E-state index contributed by atoms with van der Waals surface area (Å²) in [4.78, 5) is 14.6. The van der Waals surface area contributed by atoms with Crippen LogP contribution in [0, 0.1) is 0 Å². The molecule has 2 rings (SSSR count). The summed E-state index contributed by atoms with van der Waals surface area (Å²) in [6.07, 6.45) is 5.17. The highest BCUT2D eigenvalue weighted by Gasteiger charge is 2.28. The molecule has 2 N–H and O–H groups in total. The van der Waals surface area contributed by atoms with Crippen molar-refractivity contribution in [2.24, 2.45) is 5.73 Å². The van der Waals surface area contributed by atoms with Crippen LogP contribution in [0.2, 0.25) is 0 Å². The number of hydrogen-bond donors (Lipinski definition) is 1. The van der Waals surface area contributed by atoms with E-state index < -0.39 is 0 Å². The van der Waals surface area contributed by atoms with Crippen molar-refractivity contribution >= 4 is 21.6 Å². The molecule has 0 aliphatic carbocycles. The van der Waals surface area contributed by atoms with Gasteiger partial charge in [0.1, 0.15) is 4.47 Å². The smallest absolute Gasteiger partial charge is 0.283 e. The van der Waals surface area contributed by atoms with E-state index in [0.29, 0.717) is 4.47 Å². The van der Waals surface area contributed by atoms with Crippen LogP contribution in [0.15, 0.2) is 15.5 Å². The van der Waals surface area contributed by atoms with Gasteiger partial charge < -0.3 is 10.6 Å². The lowest BCUT2D eigenvalue weighted by atomic mass is 9.96. The Morgan fingerprint density at radius 2 is 2.10 bits per heavy atom. The molecule has 0 radical (unpaired) electrons. The molecule has 5 nitrogen and oxygen atoms in total. The molecule has 2 atom stereocenters. The molecular weight excluding hydrogens is 320 g/mol. The number of halogens is 1. The first kappa shape index (κ1) is 15.5. The second-order valence-corrected chi connectivity index (χ2v) is 6.60. The highest BCUT2D eigenvalue weighted by atomic mass is 79.9. The van der Waals surface area contributed by atoms with Crippen LogP contribution in [-0.2, 0) is 0 Å². The summed E-state index contributed by atoms with van der Waals surface area (Å²) in [5.41, 5.74) is 6.89. The second kappa shape index (κ2) is 6.26. The van der Waals surface area contributed by atoms with Gasteiger partial charge in [-0.2, -0.15) is 5.10 Å². The first-order valence-electron chi connectivity index (χ1n) is 7.23. The summed E-state index contributed by atoms with van der Waals surface area (Å²) in [5.74, 6) is 0. The fraction of sp³-hybridized carbons (Fsp3) is 0.714. The summed E-state index contributed by atoms with van der Waals surface area (Å²) in [6.45, 7) is 6.86. The van der Waals surface area contributed by atoms with Crippen molar-refractivity contribution in [3.8, 4) is 0 Å². The third kappa shape index (κ3) is 2.91. The molecule has 1 aliphatic rings. The molecule has 1 saturated heterocycles. The van der Waals surface area contributed by atoms with Crippen molar-refractivity contribution in [3.63, 3.8) is 0 Å². The van der Waals surface area contributed by atoms with Crippen LogP contribution in [0.4, 0.5) is 5.69 Å². The van der Waals surface area contributed by atoms with Crippen LogP contribution in [0.5, 0.6) is 0 Å². The third-order valence-corrected chi connectivity index (χ3v) is 4.63. The molecule has 6 heteroatoms. The standard InChI is InChI=1S/C14H23BrN4O/c1-9(2)19-14(20)13(15)12(8-17-19)18-7-5-4-6-11(18)10(3)16/h8-11H,4-7,16H2,1-3H3. The summed E-state index contributed by atoms with van der Waals surface area (Å²) >= 11 is 3.46. The van der Waals surface area contributed by atoms with Crippen LogP contribution >= 0.6 is 15.9 Å². The van der Waals surface area contributed by atoms with Gasteiger partial charge in [0.15, 0.2) is 0 Å². The summed E-state index contributed by atoms with van der Waals surface area (Å²) in [7, 11) is 0. The van der Waals surface area contributed by atoms with E-state index in [9.17, 15) is 4.79 Å². The predicted molar refractivity (Wildman–Crippen MR) is 85.2 cm³/mol. The number of rotatable bonds is 3. The minimum absolute atomic E-state index is 0.0541. The van der Waals surface area contributed by atoms with E-state index in [-0.39, 0.29) is 23.7 Å². The number of anilines is 1. The SMILES string of the molecule is CC(N)C1CCCCN1c1cnn(C(C)C)c(=O)c1Br. The monoisotopic (exact) mass is 342 g/mol. The average molecular weight is 343 g/mol. The molecular formula is C14H23BrN4O. The van der Waals surface area contributed by atoms with Crippen molar-refractivity contribution in [1.29, 1.82) is 0 Å². The number of hydrogen-bond acceptors (Lipinski definition) is 4. The molecule has 0 aromatic carbocycles. The minimum Gasteiger partial charge on any atom is -0.365 e. The van der Waals surface area contributed by atoms with Gasteiger partial charge in [-0.1, -0.05) is 0 Å². The Morgan fingerprint density at radius 1 is 1.40 bits per heavy atom. The molecule has 0 amide bonds. The van der Waals surface area contributed by atoms with E-state index in [1.807, 2.05) is 20.8 Å². The van der Waals surface area contributed by atoms with Crippen molar-refractivity contribution in [2.75, 3.05) is 11.4 Å². The Bertz CT molecular complexity index is 526. The molecule has 1 fully saturated rings. The molecule has 20 heavy (non-hydrogen) atoms. The Labute approximate surface area is 128 Å². The zero-order valence-corrected chi connectivity index (χ0v) is 13.9. The lowest BCUT2D eigenvalue weighted by molar-refractivity contribution is 0.410.